The molecule has 0 amide bonds. The number of carbonyl (C=O) groups is 2. The number of methoxy groups -OCH3 is 2. The van der Waals surface area contributed by atoms with Crippen LogP contribution in [0.5, 0.6) is 0 Å². The molecule has 0 radical (unpaired) electrons. The van der Waals surface area contributed by atoms with E-state index in [1.165, 1.54) is 14.2 Å². The van der Waals surface area contributed by atoms with Crippen molar-refractivity contribution in [1.29, 1.82) is 0 Å². The van der Waals surface area contributed by atoms with E-state index in [-0.39, 0.29) is 0 Å². The van der Waals surface area contributed by atoms with E-state index in [4.69, 9.17) is 9.47 Å². The summed E-state index contributed by atoms with van der Waals surface area (Å²) in [6.07, 6.45) is 3.88. The first kappa shape index (κ1) is 20.6. The second kappa shape index (κ2) is 8.88. The molecule has 0 heterocycles. The fraction of sp³-hybridized carbons (Fsp3) is 0.182. The van der Waals surface area contributed by atoms with Crippen molar-refractivity contribution in [3.8, 4) is 0 Å². The Labute approximate surface area is 180 Å². The lowest BCUT2D eigenvalue weighted by molar-refractivity contribution is -0.139. The van der Waals surface area contributed by atoms with E-state index in [1.54, 1.807) is 0 Å². The van der Waals surface area contributed by atoms with E-state index in [0.717, 1.165) is 20.1 Å². The molecule has 0 unspecified atom stereocenters. The summed E-state index contributed by atoms with van der Waals surface area (Å²) in [6.45, 7) is 0. The molecule has 28 heavy (non-hydrogen) atoms. The average molecular weight is 506 g/mol. The van der Waals surface area contributed by atoms with Gasteiger partial charge in [-0.1, -0.05) is 68.3 Å². The summed E-state index contributed by atoms with van der Waals surface area (Å²) in [5, 5.41) is 0. The van der Waals surface area contributed by atoms with Crippen molar-refractivity contribution in [1.82, 2.24) is 0 Å². The number of allylic oxidation sites excluding steroid dienone is 2. The summed E-state index contributed by atoms with van der Waals surface area (Å²) in [4.78, 5) is 25.5. The molecule has 0 bridgehead atoms. The van der Waals surface area contributed by atoms with Gasteiger partial charge in [0.2, 0.25) is 0 Å². The van der Waals surface area contributed by atoms with Crippen molar-refractivity contribution in [3.05, 3.63) is 91.9 Å². The maximum Gasteiger partial charge on any atom is 0.335 e. The van der Waals surface area contributed by atoms with Gasteiger partial charge in [0.05, 0.1) is 25.4 Å². The van der Waals surface area contributed by atoms with Gasteiger partial charge in [-0.3, -0.25) is 0 Å². The van der Waals surface area contributed by atoms with E-state index in [9.17, 15) is 9.59 Å². The predicted molar refractivity (Wildman–Crippen MR) is 114 cm³/mol. The van der Waals surface area contributed by atoms with E-state index >= 15 is 0 Å². The van der Waals surface area contributed by atoms with Crippen LogP contribution in [-0.2, 0) is 19.1 Å². The molecule has 0 N–H and O–H groups in total. The Hall–Kier alpha value is -2.18. The van der Waals surface area contributed by atoms with E-state index in [2.05, 4.69) is 31.9 Å². The molecule has 0 fully saturated rings. The van der Waals surface area contributed by atoms with E-state index in [0.29, 0.717) is 11.1 Å². The van der Waals surface area contributed by atoms with Gasteiger partial charge in [-0.2, -0.15) is 0 Å². The largest absolute Gasteiger partial charge is 0.466 e. The van der Waals surface area contributed by atoms with Gasteiger partial charge in [-0.05, 0) is 35.4 Å². The third-order valence-electron chi connectivity index (χ3n) is 4.68. The average Bonchev–Trinajstić information content (AvgIpc) is 2.72. The third-order valence-corrected chi connectivity index (χ3v) is 5.73. The molecule has 0 aliphatic heterocycles. The molecule has 3 rings (SSSR count). The highest BCUT2D eigenvalue weighted by Crippen LogP contribution is 2.41. The summed E-state index contributed by atoms with van der Waals surface area (Å²) in [5.41, 5.74) is 2.37. The molecule has 4 nitrogen and oxygen atoms in total. The monoisotopic (exact) mass is 504 g/mol. The Kier molecular flexibility index (Phi) is 6.52. The van der Waals surface area contributed by atoms with Crippen LogP contribution in [0.15, 0.2) is 80.8 Å². The summed E-state index contributed by atoms with van der Waals surface area (Å²) >= 11 is 6.84. The summed E-state index contributed by atoms with van der Waals surface area (Å²) < 4.78 is 11.9. The van der Waals surface area contributed by atoms with Crippen LogP contribution in [0.2, 0.25) is 0 Å². The van der Waals surface area contributed by atoms with Gasteiger partial charge in [0.25, 0.3) is 0 Å². The van der Waals surface area contributed by atoms with Crippen molar-refractivity contribution < 1.29 is 19.1 Å². The lowest BCUT2D eigenvalue weighted by atomic mass is 9.76. The number of rotatable bonds is 4. The molecule has 1 aliphatic carbocycles. The molecule has 0 saturated heterocycles. The van der Waals surface area contributed by atoms with Crippen LogP contribution >= 0.6 is 31.9 Å². The molecule has 2 atom stereocenters. The van der Waals surface area contributed by atoms with Gasteiger partial charge in [0.15, 0.2) is 0 Å². The Morgan fingerprint density at radius 1 is 0.679 bits per heavy atom. The molecular formula is C22H18Br2O4. The fourth-order valence-corrected chi connectivity index (χ4v) is 3.87. The molecule has 0 spiro atoms. The molecule has 2 aromatic rings. The maximum atomic E-state index is 12.7. The zero-order valence-electron chi connectivity index (χ0n) is 15.3. The van der Waals surface area contributed by atoms with Crippen LogP contribution < -0.4 is 0 Å². The van der Waals surface area contributed by atoms with Crippen LogP contribution in [0.4, 0.5) is 0 Å². The lowest BCUT2D eigenvalue weighted by Crippen LogP contribution is -2.25. The zero-order valence-corrected chi connectivity index (χ0v) is 18.5. The van der Waals surface area contributed by atoms with Crippen molar-refractivity contribution in [2.45, 2.75) is 11.8 Å². The lowest BCUT2D eigenvalue weighted by Gasteiger charge is -2.28. The first-order valence-electron chi connectivity index (χ1n) is 8.56. The number of hydrogen-bond acceptors (Lipinski definition) is 4. The number of halogens is 2. The SMILES string of the molecule is COC(=O)C1=C(C(=O)OC)[C@@H](c2ccc(Br)cc2)C=C[C@H]1c1ccc(Br)cc1. The van der Waals surface area contributed by atoms with Crippen molar-refractivity contribution in [3.63, 3.8) is 0 Å². The standard InChI is InChI=1S/C22H18Br2O4/c1-27-21(25)19-17(13-3-7-15(23)8-4-13)11-12-18(20(19)22(26)28-2)14-5-9-16(24)10-6-14/h3-12,17-18H,1-2H3/t17-,18+. The smallest absolute Gasteiger partial charge is 0.335 e. The molecule has 6 heteroatoms. The molecule has 144 valence electrons. The summed E-state index contributed by atoms with van der Waals surface area (Å²) in [7, 11) is 2.63. The van der Waals surface area contributed by atoms with Gasteiger partial charge in [-0.15, -0.1) is 0 Å². The minimum atomic E-state index is -0.542. The minimum Gasteiger partial charge on any atom is -0.466 e. The second-order valence-electron chi connectivity index (χ2n) is 6.25. The first-order chi connectivity index (χ1) is 13.5. The van der Waals surface area contributed by atoms with Crippen LogP contribution in [0, 0.1) is 0 Å². The minimum absolute atomic E-state index is 0.298. The fourth-order valence-electron chi connectivity index (χ4n) is 3.34. The molecule has 0 aromatic heterocycles. The number of benzene rings is 2. The summed E-state index contributed by atoms with van der Waals surface area (Å²) in [5.74, 6) is -1.89. The Morgan fingerprint density at radius 2 is 1.00 bits per heavy atom. The Bertz CT molecular complexity index is 866. The van der Waals surface area contributed by atoms with Crippen molar-refractivity contribution in [2.24, 2.45) is 0 Å². The first-order valence-corrected chi connectivity index (χ1v) is 10.1. The van der Waals surface area contributed by atoms with Crippen LogP contribution in [0.25, 0.3) is 0 Å². The van der Waals surface area contributed by atoms with Crippen LogP contribution in [-0.4, -0.2) is 26.2 Å². The maximum absolute atomic E-state index is 12.7. The van der Waals surface area contributed by atoms with Crippen LogP contribution in [0.3, 0.4) is 0 Å². The molecule has 1 aliphatic rings. The van der Waals surface area contributed by atoms with Gasteiger partial charge in [0.1, 0.15) is 0 Å². The highest BCUT2D eigenvalue weighted by atomic mass is 79.9. The molecule has 0 saturated carbocycles. The zero-order chi connectivity index (χ0) is 20.3. The highest BCUT2D eigenvalue weighted by molar-refractivity contribution is 9.10. The molecular weight excluding hydrogens is 488 g/mol. The van der Waals surface area contributed by atoms with Gasteiger partial charge >= 0.3 is 11.9 Å². The van der Waals surface area contributed by atoms with E-state index < -0.39 is 23.8 Å². The van der Waals surface area contributed by atoms with Crippen molar-refractivity contribution >= 4 is 43.8 Å². The Morgan fingerprint density at radius 3 is 1.29 bits per heavy atom. The van der Waals surface area contributed by atoms with Gasteiger partial charge in [0, 0.05) is 20.8 Å². The van der Waals surface area contributed by atoms with Gasteiger partial charge < -0.3 is 9.47 Å². The third kappa shape index (κ3) is 4.13. The van der Waals surface area contributed by atoms with Gasteiger partial charge in [-0.25, -0.2) is 9.59 Å². The highest BCUT2D eigenvalue weighted by Gasteiger charge is 2.36. The Balaban J connectivity index is 2.19. The quantitative estimate of drug-likeness (QED) is 0.418. The normalized spacial score (nSPS) is 18.7. The number of carbonyl (C=O) groups excluding carboxylic acids is 2. The number of esters is 2. The predicted octanol–water partition coefficient (Wildman–Crippen LogP) is 5.29. The number of hydrogen-bond donors (Lipinski definition) is 0. The van der Waals surface area contributed by atoms with Crippen molar-refractivity contribution in [2.75, 3.05) is 14.2 Å². The number of ether oxygens (including phenoxy) is 2. The second-order valence-corrected chi connectivity index (χ2v) is 8.09. The van der Waals surface area contributed by atoms with E-state index in [1.807, 2.05) is 60.7 Å². The molecule has 2 aromatic carbocycles. The summed E-state index contributed by atoms with van der Waals surface area (Å²) in [6, 6.07) is 15.3. The van der Waals surface area contributed by atoms with Crippen LogP contribution in [0.1, 0.15) is 23.0 Å². The topological polar surface area (TPSA) is 52.6 Å².